The Hall–Kier alpha value is -2.10. The van der Waals surface area contributed by atoms with Gasteiger partial charge in [0.25, 0.3) is 0 Å². The van der Waals surface area contributed by atoms with Crippen LogP contribution in [0, 0.1) is 11.8 Å². The number of unbranched alkanes of at least 4 members (excludes halogenated alkanes) is 1. The van der Waals surface area contributed by atoms with Crippen molar-refractivity contribution in [2.75, 3.05) is 11.5 Å². The van der Waals surface area contributed by atoms with Crippen LogP contribution in [0.3, 0.4) is 0 Å². The second-order valence-corrected chi connectivity index (χ2v) is 6.41. The van der Waals surface area contributed by atoms with Gasteiger partial charge >= 0.3 is 0 Å². The van der Waals surface area contributed by atoms with Gasteiger partial charge in [0.2, 0.25) is 11.8 Å². The van der Waals surface area contributed by atoms with Crippen molar-refractivity contribution < 1.29 is 14.3 Å². The highest BCUT2D eigenvalue weighted by Gasteiger charge is 2.48. The monoisotopic (exact) mass is 313 g/mol. The van der Waals surface area contributed by atoms with Gasteiger partial charge in [-0.2, -0.15) is 0 Å². The topological polar surface area (TPSA) is 46.6 Å². The SMILES string of the molecule is CCCCOc1ccc(N2C(=O)C3CC=C(C)CC3C2=O)cc1. The van der Waals surface area contributed by atoms with Crippen molar-refractivity contribution in [3.05, 3.63) is 35.9 Å². The van der Waals surface area contributed by atoms with E-state index in [1.165, 1.54) is 10.5 Å². The molecule has 1 aromatic carbocycles. The van der Waals surface area contributed by atoms with Gasteiger partial charge in [0.1, 0.15) is 5.75 Å². The van der Waals surface area contributed by atoms with Crippen molar-refractivity contribution in [1.29, 1.82) is 0 Å². The molecule has 4 heteroatoms. The van der Waals surface area contributed by atoms with Gasteiger partial charge in [-0.25, -0.2) is 0 Å². The molecule has 1 aliphatic carbocycles. The number of imide groups is 1. The van der Waals surface area contributed by atoms with E-state index in [0.29, 0.717) is 25.1 Å². The summed E-state index contributed by atoms with van der Waals surface area (Å²) in [6.07, 6.45) is 5.56. The number of fused-ring (bicyclic) bond motifs is 1. The number of benzene rings is 1. The van der Waals surface area contributed by atoms with E-state index in [1.54, 1.807) is 12.1 Å². The lowest BCUT2D eigenvalue weighted by Crippen LogP contribution is -2.30. The first-order valence-electron chi connectivity index (χ1n) is 8.38. The summed E-state index contributed by atoms with van der Waals surface area (Å²) in [5, 5.41) is 0. The third-order valence-corrected chi connectivity index (χ3v) is 4.68. The van der Waals surface area contributed by atoms with Crippen molar-refractivity contribution in [1.82, 2.24) is 0 Å². The minimum absolute atomic E-state index is 0.0629. The average molecular weight is 313 g/mol. The fourth-order valence-corrected chi connectivity index (χ4v) is 3.32. The summed E-state index contributed by atoms with van der Waals surface area (Å²) in [4.78, 5) is 26.6. The molecule has 23 heavy (non-hydrogen) atoms. The molecular weight excluding hydrogens is 290 g/mol. The Morgan fingerprint density at radius 1 is 1.13 bits per heavy atom. The number of anilines is 1. The predicted molar refractivity (Wildman–Crippen MR) is 89.3 cm³/mol. The van der Waals surface area contributed by atoms with Crippen LogP contribution in [0.25, 0.3) is 0 Å². The summed E-state index contributed by atoms with van der Waals surface area (Å²) in [5.41, 5.74) is 1.85. The van der Waals surface area contributed by atoms with Crippen LogP contribution in [0.1, 0.15) is 39.5 Å². The molecule has 1 aromatic rings. The summed E-state index contributed by atoms with van der Waals surface area (Å²) in [5.74, 6) is 0.270. The normalized spacial score (nSPS) is 23.7. The molecule has 1 aliphatic heterocycles. The molecule has 0 aromatic heterocycles. The van der Waals surface area contributed by atoms with E-state index in [9.17, 15) is 9.59 Å². The number of hydrogen-bond acceptors (Lipinski definition) is 3. The molecule has 4 nitrogen and oxygen atoms in total. The Kier molecular flexibility index (Phi) is 4.51. The van der Waals surface area contributed by atoms with Gasteiger partial charge in [-0.3, -0.25) is 14.5 Å². The molecule has 122 valence electrons. The third-order valence-electron chi connectivity index (χ3n) is 4.68. The standard InChI is InChI=1S/C19H23NO3/c1-3-4-11-23-15-8-6-14(7-9-15)20-18(21)16-10-5-13(2)12-17(16)19(20)22/h5-9,16-17H,3-4,10-12H2,1-2H3. The summed E-state index contributed by atoms with van der Waals surface area (Å²) < 4.78 is 5.63. The Labute approximate surface area is 137 Å². The number of allylic oxidation sites excluding steroid dienone is 2. The maximum atomic E-state index is 12.6. The lowest BCUT2D eigenvalue weighted by molar-refractivity contribution is -0.122. The zero-order valence-corrected chi connectivity index (χ0v) is 13.7. The van der Waals surface area contributed by atoms with Gasteiger partial charge in [0.05, 0.1) is 24.1 Å². The number of rotatable bonds is 5. The van der Waals surface area contributed by atoms with E-state index in [2.05, 4.69) is 13.0 Å². The highest BCUT2D eigenvalue weighted by atomic mass is 16.5. The van der Waals surface area contributed by atoms with E-state index in [0.717, 1.165) is 18.6 Å². The van der Waals surface area contributed by atoms with Crippen LogP contribution in [0.4, 0.5) is 5.69 Å². The first-order valence-corrected chi connectivity index (χ1v) is 8.38. The maximum Gasteiger partial charge on any atom is 0.238 e. The van der Waals surface area contributed by atoms with Crippen LogP contribution in [-0.2, 0) is 9.59 Å². The minimum Gasteiger partial charge on any atom is -0.494 e. The minimum atomic E-state index is -0.188. The zero-order chi connectivity index (χ0) is 16.4. The van der Waals surface area contributed by atoms with Crippen molar-refractivity contribution in [2.24, 2.45) is 11.8 Å². The third kappa shape index (κ3) is 3.03. The summed E-state index contributed by atoms with van der Waals surface area (Å²) in [6.45, 7) is 4.83. The molecule has 0 radical (unpaired) electrons. The number of hydrogen-bond donors (Lipinski definition) is 0. The first-order chi connectivity index (χ1) is 11.1. The number of nitrogens with zero attached hydrogens (tertiary/aromatic N) is 1. The quantitative estimate of drug-likeness (QED) is 0.473. The molecule has 0 spiro atoms. The summed E-state index contributed by atoms with van der Waals surface area (Å²) in [6, 6.07) is 7.26. The van der Waals surface area contributed by atoms with Crippen LogP contribution in [0.2, 0.25) is 0 Å². The van der Waals surface area contributed by atoms with E-state index in [4.69, 9.17) is 4.74 Å². The molecule has 0 saturated carbocycles. The molecular formula is C19H23NO3. The van der Waals surface area contributed by atoms with Crippen LogP contribution in [0.5, 0.6) is 5.75 Å². The number of amides is 2. The van der Waals surface area contributed by atoms with Gasteiger partial charge in [-0.15, -0.1) is 0 Å². The van der Waals surface area contributed by atoms with Gasteiger partial charge in [0, 0.05) is 0 Å². The smallest absolute Gasteiger partial charge is 0.238 e. The Morgan fingerprint density at radius 3 is 2.52 bits per heavy atom. The molecule has 2 aliphatic rings. The van der Waals surface area contributed by atoms with E-state index in [1.807, 2.05) is 19.1 Å². The van der Waals surface area contributed by atoms with Crippen molar-refractivity contribution in [3.8, 4) is 5.75 Å². The second-order valence-electron chi connectivity index (χ2n) is 6.41. The average Bonchev–Trinajstić information content (AvgIpc) is 2.79. The predicted octanol–water partition coefficient (Wildman–Crippen LogP) is 3.71. The Morgan fingerprint density at radius 2 is 1.83 bits per heavy atom. The van der Waals surface area contributed by atoms with E-state index < -0.39 is 0 Å². The largest absolute Gasteiger partial charge is 0.494 e. The van der Waals surface area contributed by atoms with Crippen LogP contribution in [-0.4, -0.2) is 18.4 Å². The van der Waals surface area contributed by atoms with Crippen LogP contribution >= 0.6 is 0 Å². The molecule has 2 unspecified atom stereocenters. The highest BCUT2D eigenvalue weighted by Crippen LogP contribution is 2.39. The van der Waals surface area contributed by atoms with Crippen LogP contribution in [0.15, 0.2) is 35.9 Å². The highest BCUT2D eigenvalue weighted by molar-refractivity contribution is 6.22. The summed E-state index contributed by atoms with van der Waals surface area (Å²) in [7, 11) is 0. The Balaban J connectivity index is 1.74. The molecule has 3 rings (SSSR count). The summed E-state index contributed by atoms with van der Waals surface area (Å²) >= 11 is 0. The van der Waals surface area contributed by atoms with Crippen molar-refractivity contribution >= 4 is 17.5 Å². The maximum absolute atomic E-state index is 12.6. The fraction of sp³-hybridized carbons (Fsp3) is 0.474. The van der Waals surface area contributed by atoms with Crippen molar-refractivity contribution in [3.63, 3.8) is 0 Å². The molecule has 1 fully saturated rings. The fourth-order valence-electron chi connectivity index (χ4n) is 3.32. The lowest BCUT2D eigenvalue weighted by Gasteiger charge is -2.18. The second kappa shape index (κ2) is 6.57. The molecule has 1 saturated heterocycles. The van der Waals surface area contributed by atoms with Gasteiger partial charge in [-0.05, 0) is 50.5 Å². The van der Waals surface area contributed by atoms with Gasteiger partial charge in [0.15, 0.2) is 0 Å². The molecule has 1 heterocycles. The Bertz CT molecular complexity index is 633. The lowest BCUT2D eigenvalue weighted by atomic mass is 9.82. The van der Waals surface area contributed by atoms with Crippen molar-refractivity contribution in [2.45, 2.75) is 39.5 Å². The zero-order valence-electron chi connectivity index (χ0n) is 13.7. The van der Waals surface area contributed by atoms with Gasteiger partial charge in [-0.1, -0.05) is 25.0 Å². The van der Waals surface area contributed by atoms with Crippen LogP contribution < -0.4 is 9.64 Å². The van der Waals surface area contributed by atoms with Gasteiger partial charge < -0.3 is 4.74 Å². The molecule has 2 amide bonds. The number of carbonyl (C=O) groups is 2. The van der Waals surface area contributed by atoms with E-state index >= 15 is 0 Å². The molecule has 0 bridgehead atoms. The molecule has 2 atom stereocenters. The van der Waals surface area contributed by atoms with E-state index in [-0.39, 0.29) is 23.7 Å². The number of ether oxygens (including phenoxy) is 1. The number of carbonyl (C=O) groups excluding carboxylic acids is 2. The molecule has 0 N–H and O–H groups in total. The first kappa shape index (κ1) is 15.8.